The number of benzene rings is 2. The van der Waals surface area contributed by atoms with Gasteiger partial charge in [-0.25, -0.2) is 4.98 Å². The first-order chi connectivity index (χ1) is 15.4. The Balaban J connectivity index is 1.52. The van der Waals surface area contributed by atoms with Gasteiger partial charge in [0.2, 0.25) is 0 Å². The van der Waals surface area contributed by atoms with Crippen molar-refractivity contribution in [2.75, 3.05) is 11.9 Å². The quantitative estimate of drug-likeness (QED) is 0.454. The normalized spacial score (nSPS) is 12.9. The molecule has 0 radical (unpaired) electrons. The second-order valence-corrected chi connectivity index (χ2v) is 9.01. The average molecular weight is 466 g/mol. The van der Waals surface area contributed by atoms with Gasteiger partial charge >= 0.3 is 0 Å². The average Bonchev–Trinajstić information content (AvgIpc) is 3.12. The smallest absolute Gasteiger partial charge is 0.263 e. The second kappa shape index (κ2) is 7.89. The highest BCUT2D eigenvalue weighted by molar-refractivity contribution is 7.19. The standard InChI is InChI=1S/C23H16ClN3O4S/c1-12-20(13-2-5-15(24)6-3-13)21-22(32-12)25-11-27(23(21)30)9-17(28)14-4-7-18-16(8-14)26-19(29)10-31-18/h2-8,11H,9-10H2,1H3,(H,26,29). The summed E-state index contributed by atoms with van der Waals surface area (Å²) in [5.41, 5.74) is 2.18. The largest absolute Gasteiger partial charge is 0.482 e. The van der Waals surface area contributed by atoms with Crippen molar-refractivity contribution in [1.29, 1.82) is 0 Å². The maximum Gasteiger partial charge on any atom is 0.263 e. The van der Waals surface area contributed by atoms with E-state index < -0.39 is 0 Å². The Kier molecular flexibility index (Phi) is 5.03. The maximum absolute atomic E-state index is 13.3. The Labute approximate surface area is 191 Å². The third kappa shape index (κ3) is 3.57. The highest BCUT2D eigenvalue weighted by atomic mass is 35.5. The van der Waals surface area contributed by atoms with Crippen LogP contribution in [0.25, 0.3) is 21.3 Å². The number of nitrogens with one attached hydrogen (secondary N) is 1. The minimum atomic E-state index is -0.285. The molecule has 1 aliphatic heterocycles. The lowest BCUT2D eigenvalue weighted by molar-refractivity contribution is -0.118. The van der Waals surface area contributed by atoms with Crippen LogP contribution in [0.15, 0.2) is 53.6 Å². The molecule has 160 valence electrons. The molecule has 1 N–H and O–H groups in total. The number of amides is 1. The number of Topliss-reactive ketones (excluding diaryl/α,β-unsaturated/α-hetero) is 1. The van der Waals surface area contributed by atoms with Crippen LogP contribution in [0.4, 0.5) is 5.69 Å². The van der Waals surface area contributed by atoms with E-state index in [9.17, 15) is 14.4 Å². The number of hydrogen-bond acceptors (Lipinski definition) is 6. The molecule has 0 spiro atoms. The van der Waals surface area contributed by atoms with Gasteiger partial charge in [0.25, 0.3) is 11.5 Å². The van der Waals surface area contributed by atoms with Gasteiger partial charge in [-0.3, -0.25) is 19.0 Å². The van der Waals surface area contributed by atoms with E-state index in [1.54, 1.807) is 30.3 Å². The molecule has 0 aliphatic carbocycles. The fourth-order valence-corrected chi connectivity index (χ4v) is 4.85. The number of carbonyl (C=O) groups excluding carboxylic acids is 2. The van der Waals surface area contributed by atoms with E-state index in [1.165, 1.54) is 22.2 Å². The van der Waals surface area contributed by atoms with E-state index in [0.717, 1.165) is 16.0 Å². The number of nitrogens with zero attached hydrogens (tertiary/aromatic N) is 2. The van der Waals surface area contributed by atoms with E-state index in [4.69, 9.17) is 16.3 Å². The van der Waals surface area contributed by atoms with Gasteiger partial charge in [-0.1, -0.05) is 23.7 Å². The lowest BCUT2D eigenvalue weighted by Gasteiger charge is -2.18. The third-order valence-corrected chi connectivity index (χ3v) is 6.50. The van der Waals surface area contributed by atoms with Crippen LogP contribution < -0.4 is 15.6 Å². The van der Waals surface area contributed by atoms with Crippen LogP contribution in [-0.2, 0) is 11.3 Å². The summed E-state index contributed by atoms with van der Waals surface area (Å²) >= 11 is 7.45. The van der Waals surface area contributed by atoms with Crippen LogP contribution in [0.2, 0.25) is 5.02 Å². The Hall–Kier alpha value is -3.49. The minimum absolute atomic E-state index is 0.0582. The molecule has 9 heteroatoms. The number of rotatable bonds is 4. The van der Waals surface area contributed by atoms with E-state index >= 15 is 0 Å². The molecular formula is C23H16ClN3O4S. The number of fused-ring (bicyclic) bond motifs is 2. The Morgan fingerprint density at radius 1 is 1.22 bits per heavy atom. The molecule has 1 aliphatic rings. The summed E-state index contributed by atoms with van der Waals surface area (Å²) in [6.45, 7) is 1.70. The van der Waals surface area contributed by atoms with Gasteiger partial charge in [0, 0.05) is 21.0 Å². The van der Waals surface area contributed by atoms with Crippen LogP contribution in [0.1, 0.15) is 15.2 Å². The molecule has 32 heavy (non-hydrogen) atoms. The molecular weight excluding hydrogens is 450 g/mol. The van der Waals surface area contributed by atoms with E-state index in [2.05, 4.69) is 10.3 Å². The molecule has 0 unspecified atom stereocenters. The molecule has 0 fully saturated rings. The summed E-state index contributed by atoms with van der Waals surface area (Å²) in [5, 5.41) is 3.77. The predicted molar refractivity (Wildman–Crippen MR) is 124 cm³/mol. The van der Waals surface area contributed by atoms with E-state index in [0.29, 0.717) is 32.2 Å². The van der Waals surface area contributed by atoms with Crippen LogP contribution in [-0.4, -0.2) is 27.8 Å². The molecule has 2 aromatic heterocycles. The number of carbonyl (C=O) groups is 2. The number of thiophene rings is 1. The molecule has 1 amide bonds. The van der Waals surface area contributed by atoms with Gasteiger partial charge in [-0.2, -0.15) is 0 Å². The van der Waals surface area contributed by atoms with Crippen molar-refractivity contribution in [2.24, 2.45) is 0 Å². The Bertz CT molecular complexity index is 1460. The summed E-state index contributed by atoms with van der Waals surface area (Å²) in [6, 6.07) is 12.1. The molecule has 3 heterocycles. The number of hydrogen-bond donors (Lipinski definition) is 1. The first kappa shape index (κ1) is 20.4. The number of halogens is 1. The van der Waals surface area contributed by atoms with Gasteiger partial charge in [-0.15, -0.1) is 11.3 Å². The number of aromatic nitrogens is 2. The third-order valence-electron chi connectivity index (χ3n) is 5.24. The molecule has 4 aromatic rings. The highest BCUT2D eigenvalue weighted by Crippen LogP contribution is 2.36. The van der Waals surface area contributed by atoms with Gasteiger partial charge in [-0.05, 0) is 42.8 Å². The fourth-order valence-electron chi connectivity index (χ4n) is 3.72. The van der Waals surface area contributed by atoms with Crippen molar-refractivity contribution in [2.45, 2.75) is 13.5 Å². The number of aryl methyl sites for hydroxylation is 1. The summed E-state index contributed by atoms with van der Waals surface area (Å²) in [6.07, 6.45) is 1.40. The highest BCUT2D eigenvalue weighted by Gasteiger charge is 2.20. The summed E-state index contributed by atoms with van der Waals surface area (Å²) < 4.78 is 6.64. The monoisotopic (exact) mass is 465 g/mol. The summed E-state index contributed by atoms with van der Waals surface area (Å²) in [5.74, 6) is -0.0610. The molecule has 0 bridgehead atoms. The van der Waals surface area contributed by atoms with Crippen LogP contribution in [0.3, 0.4) is 0 Å². The molecule has 0 saturated carbocycles. The van der Waals surface area contributed by atoms with Crippen molar-refractivity contribution in [1.82, 2.24) is 9.55 Å². The zero-order valence-corrected chi connectivity index (χ0v) is 18.4. The maximum atomic E-state index is 13.3. The van der Waals surface area contributed by atoms with Gasteiger partial charge in [0.1, 0.15) is 10.6 Å². The first-order valence-corrected chi connectivity index (χ1v) is 10.9. The fraction of sp³-hybridized carbons (Fsp3) is 0.130. The Morgan fingerprint density at radius 3 is 2.78 bits per heavy atom. The first-order valence-electron chi connectivity index (χ1n) is 9.75. The van der Waals surface area contributed by atoms with Crippen molar-refractivity contribution in [3.63, 3.8) is 0 Å². The second-order valence-electron chi connectivity index (χ2n) is 7.37. The van der Waals surface area contributed by atoms with Crippen LogP contribution in [0.5, 0.6) is 5.75 Å². The van der Waals surface area contributed by atoms with Crippen LogP contribution in [0, 0.1) is 6.92 Å². The van der Waals surface area contributed by atoms with Crippen LogP contribution >= 0.6 is 22.9 Å². The van der Waals surface area contributed by atoms with Crippen molar-refractivity contribution >= 4 is 50.5 Å². The van der Waals surface area contributed by atoms with Gasteiger partial charge in [0.05, 0.1) is 23.9 Å². The summed E-state index contributed by atoms with van der Waals surface area (Å²) in [4.78, 5) is 43.8. The predicted octanol–water partition coefficient (Wildman–Crippen LogP) is 4.30. The molecule has 5 rings (SSSR count). The summed E-state index contributed by atoms with van der Waals surface area (Å²) in [7, 11) is 0. The van der Waals surface area contributed by atoms with E-state index in [-0.39, 0.29) is 30.4 Å². The van der Waals surface area contributed by atoms with Crippen molar-refractivity contribution < 1.29 is 14.3 Å². The SMILES string of the molecule is Cc1sc2ncn(CC(=O)c3ccc4c(c3)NC(=O)CO4)c(=O)c2c1-c1ccc(Cl)cc1. The lowest BCUT2D eigenvalue weighted by atomic mass is 10.0. The topological polar surface area (TPSA) is 90.3 Å². The number of ether oxygens (including phenoxy) is 1. The molecule has 7 nitrogen and oxygen atoms in total. The number of anilines is 1. The van der Waals surface area contributed by atoms with Crippen molar-refractivity contribution in [3.05, 3.63) is 74.6 Å². The van der Waals surface area contributed by atoms with Gasteiger partial charge < -0.3 is 10.1 Å². The lowest BCUT2D eigenvalue weighted by Crippen LogP contribution is -2.26. The number of ketones is 1. The molecule has 0 saturated heterocycles. The van der Waals surface area contributed by atoms with Gasteiger partial charge in [0.15, 0.2) is 12.4 Å². The van der Waals surface area contributed by atoms with Crippen molar-refractivity contribution in [3.8, 4) is 16.9 Å². The Morgan fingerprint density at radius 2 is 2.00 bits per heavy atom. The molecule has 2 aromatic carbocycles. The zero-order chi connectivity index (χ0) is 22.4. The zero-order valence-electron chi connectivity index (χ0n) is 16.8. The van der Waals surface area contributed by atoms with E-state index in [1.807, 2.05) is 19.1 Å². The molecule has 0 atom stereocenters. The minimum Gasteiger partial charge on any atom is -0.482 e.